The molecule has 0 aliphatic heterocycles. The number of aryl methyl sites for hydroxylation is 2. The zero-order valence-electron chi connectivity index (χ0n) is 11.5. The van der Waals surface area contributed by atoms with E-state index < -0.39 is 0 Å². The van der Waals surface area contributed by atoms with Crippen LogP contribution in [0, 0.1) is 18.3 Å². The van der Waals surface area contributed by atoms with E-state index in [0.29, 0.717) is 22.9 Å². The summed E-state index contributed by atoms with van der Waals surface area (Å²) in [6, 6.07) is 5.74. The Hall–Kier alpha value is -2.59. The zero-order chi connectivity index (χ0) is 15.0. The molecule has 3 aromatic heterocycles. The quantitative estimate of drug-likeness (QED) is 0.799. The molecule has 0 unspecified atom stereocenters. The highest BCUT2D eigenvalue weighted by molar-refractivity contribution is 6.29. The molecule has 8 heteroatoms. The highest BCUT2D eigenvalue weighted by Gasteiger charge is 2.10. The number of hydrogen-bond acceptors (Lipinski definition) is 5. The van der Waals surface area contributed by atoms with Crippen LogP contribution in [0.5, 0.6) is 0 Å². The highest BCUT2D eigenvalue weighted by atomic mass is 35.5. The molecule has 0 aromatic carbocycles. The van der Waals surface area contributed by atoms with Gasteiger partial charge in [-0.15, -0.1) is 0 Å². The number of fused-ring (bicyclic) bond motifs is 1. The maximum atomic E-state index is 9.06. The van der Waals surface area contributed by atoms with E-state index >= 15 is 0 Å². The summed E-state index contributed by atoms with van der Waals surface area (Å²) in [6.45, 7) is 2.37. The number of nitrogens with zero attached hydrogens (tertiary/aromatic N) is 6. The van der Waals surface area contributed by atoms with Gasteiger partial charge in [-0.2, -0.15) is 20.0 Å². The van der Waals surface area contributed by atoms with E-state index in [2.05, 4.69) is 26.6 Å². The lowest BCUT2D eigenvalue weighted by atomic mass is 10.3. The minimum absolute atomic E-state index is 0.447. The third-order valence-electron chi connectivity index (χ3n) is 3.04. The second-order valence-corrected chi connectivity index (χ2v) is 5.01. The first-order valence-electron chi connectivity index (χ1n) is 6.26. The lowest BCUT2D eigenvalue weighted by Crippen LogP contribution is -2.07. The molecule has 106 valence electrons. The Morgan fingerprint density at radius 2 is 2.24 bits per heavy atom. The standard InChI is InChI=1S/C13H12ClN7/c1-8-3-12(16-7-10-4-11(14)20(2)19-10)21-13(18-8)9(5-15)6-17-21/h3-4,6,16H,7H2,1-2H3. The molecule has 7 nitrogen and oxygen atoms in total. The molecule has 0 saturated heterocycles. The van der Waals surface area contributed by atoms with Crippen LogP contribution in [0.25, 0.3) is 5.65 Å². The minimum Gasteiger partial charge on any atom is -0.364 e. The summed E-state index contributed by atoms with van der Waals surface area (Å²) in [5, 5.41) is 21.3. The Balaban J connectivity index is 1.93. The number of aromatic nitrogens is 5. The van der Waals surface area contributed by atoms with Crippen LogP contribution in [0.1, 0.15) is 17.0 Å². The van der Waals surface area contributed by atoms with Crippen LogP contribution in [0.3, 0.4) is 0 Å². The molecule has 3 heterocycles. The van der Waals surface area contributed by atoms with Gasteiger partial charge in [-0.25, -0.2) is 4.98 Å². The molecule has 1 N–H and O–H groups in total. The van der Waals surface area contributed by atoms with Crippen molar-refractivity contribution in [1.82, 2.24) is 24.4 Å². The van der Waals surface area contributed by atoms with Gasteiger partial charge in [0.05, 0.1) is 18.4 Å². The van der Waals surface area contributed by atoms with Crippen molar-refractivity contribution in [3.05, 3.63) is 40.4 Å². The van der Waals surface area contributed by atoms with Crippen molar-refractivity contribution in [3.63, 3.8) is 0 Å². The average molecular weight is 302 g/mol. The van der Waals surface area contributed by atoms with Gasteiger partial charge >= 0.3 is 0 Å². The fourth-order valence-corrected chi connectivity index (χ4v) is 2.22. The molecule has 0 bridgehead atoms. The van der Waals surface area contributed by atoms with E-state index in [0.717, 1.165) is 17.2 Å². The molecule has 21 heavy (non-hydrogen) atoms. The maximum Gasteiger partial charge on any atom is 0.175 e. The van der Waals surface area contributed by atoms with Crippen LogP contribution in [-0.4, -0.2) is 24.4 Å². The smallest absolute Gasteiger partial charge is 0.175 e. The highest BCUT2D eigenvalue weighted by Crippen LogP contribution is 2.16. The number of nitriles is 1. The van der Waals surface area contributed by atoms with Crippen molar-refractivity contribution >= 4 is 23.1 Å². The van der Waals surface area contributed by atoms with Crippen molar-refractivity contribution < 1.29 is 0 Å². The summed E-state index contributed by atoms with van der Waals surface area (Å²) in [5.74, 6) is 0.751. The van der Waals surface area contributed by atoms with E-state index in [1.54, 1.807) is 22.3 Å². The monoisotopic (exact) mass is 301 g/mol. The van der Waals surface area contributed by atoms with Crippen molar-refractivity contribution in [1.29, 1.82) is 5.26 Å². The summed E-state index contributed by atoms with van der Waals surface area (Å²) in [7, 11) is 1.79. The van der Waals surface area contributed by atoms with Gasteiger partial charge in [-0.1, -0.05) is 11.6 Å². The second kappa shape index (κ2) is 5.07. The van der Waals surface area contributed by atoms with Crippen LogP contribution in [-0.2, 0) is 13.6 Å². The van der Waals surface area contributed by atoms with E-state index in [1.165, 1.54) is 6.20 Å². The molecule has 0 aliphatic rings. The summed E-state index contributed by atoms with van der Waals surface area (Å²) < 4.78 is 3.21. The Labute approximate surface area is 125 Å². The third-order valence-corrected chi connectivity index (χ3v) is 3.40. The fourth-order valence-electron chi connectivity index (χ4n) is 2.06. The predicted octanol–water partition coefficient (Wildman–Crippen LogP) is 1.91. The van der Waals surface area contributed by atoms with Crippen LogP contribution < -0.4 is 5.32 Å². The van der Waals surface area contributed by atoms with Gasteiger partial charge in [0.1, 0.15) is 22.6 Å². The molecule has 0 fully saturated rings. The Bertz CT molecular complexity index is 836. The van der Waals surface area contributed by atoms with Crippen LogP contribution in [0.4, 0.5) is 5.82 Å². The molecule has 3 aromatic rings. The molecule has 0 atom stereocenters. The van der Waals surface area contributed by atoms with Gasteiger partial charge in [0, 0.05) is 24.9 Å². The van der Waals surface area contributed by atoms with Gasteiger partial charge in [-0.3, -0.25) is 4.68 Å². The molecule has 0 aliphatic carbocycles. The van der Waals surface area contributed by atoms with Gasteiger partial charge < -0.3 is 5.32 Å². The lowest BCUT2D eigenvalue weighted by Gasteiger charge is -2.07. The largest absolute Gasteiger partial charge is 0.364 e. The molecule has 0 saturated carbocycles. The topological polar surface area (TPSA) is 83.8 Å². The number of hydrogen-bond donors (Lipinski definition) is 1. The molecule has 0 amide bonds. The van der Waals surface area contributed by atoms with Crippen molar-refractivity contribution in [2.45, 2.75) is 13.5 Å². The van der Waals surface area contributed by atoms with Crippen molar-refractivity contribution in [2.75, 3.05) is 5.32 Å². The predicted molar refractivity (Wildman–Crippen MR) is 78.0 cm³/mol. The molecule has 0 spiro atoms. The van der Waals surface area contributed by atoms with Crippen molar-refractivity contribution in [3.8, 4) is 6.07 Å². The first-order valence-corrected chi connectivity index (χ1v) is 6.64. The molecule has 3 rings (SSSR count). The third kappa shape index (κ3) is 2.41. The van der Waals surface area contributed by atoms with Gasteiger partial charge in [0.15, 0.2) is 5.65 Å². The molecular weight excluding hydrogens is 290 g/mol. The SMILES string of the molecule is Cc1cc(NCc2cc(Cl)n(C)n2)n2ncc(C#N)c2n1. The first kappa shape index (κ1) is 13.4. The second-order valence-electron chi connectivity index (χ2n) is 4.62. The van der Waals surface area contributed by atoms with E-state index in [1.807, 2.05) is 13.0 Å². The van der Waals surface area contributed by atoms with Crippen LogP contribution in [0.15, 0.2) is 18.3 Å². The Morgan fingerprint density at radius 1 is 1.43 bits per heavy atom. The van der Waals surface area contributed by atoms with Gasteiger partial charge in [0.2, 0.25) is 0 Å². The number of nitrogens with one attached hydrogen (secondary N) is 1. The molecular formula is C13H12ClN7. The van der Waals surface area contributed by atoms with Gasteiger partial charge in [-0.05, 0) is 6.92 Å². The van der Waals surface area contributed by atoms with E-state index in [-0.39, 0.29) is 0 Å². The van der Waals surface area contributed by atoms with Crippen molar-refractivity contribution in [2.24, 2.45) is 7.05 Å². The summed E-state index contributed by atoms with van der Waals surface area (Å²) >= 11 is 5.96. The summed E-state index contributed by atoms with van der Waals surface area (Å²) in [5.41, 5.74) is 2.61. The molecule has 0 radical (unpaired) electrons. The number of halogens is 1. The maximum absolute atomic E-state index is 9.06. The first-order chi connectivity index (χ1) is 10.1. The minimum atomic E-state index is 0.447. The average Bonchev–Trinajstić information content (AvgIpc) is 3.00. The van der Waals surface area contributed by atoms with E-state index in [9.17, 15) is 0 Å². The summed E-state index contributed by atoms with van der Waals surface area (Å²) in [6.07, 6.45) is 1.50. The normalized spacial score (nSPS) is 10.8. The summed E-state index contributed by atoms with van der Waals surface area (Å²) in [4.78, 5) is 4.34. The number of anilines is 1. The number of rotatable bonds is 3. The Kier molecular flexibility index (Phi) is 3.23. The zero-order valence-corrected chi connectivity index (χ0v) is 12.3. The van der Waals surface area contributed by atoms with Crippen LogP contribution in [0.2, 0.25) is 5.15 Å². The van der Waals surface area contributed by atoms with Crippen LogP contribution >= 0.6 is 11.6 Å². The van der Waals surface area contributed by atoms with E-state index in [4.69, 9.17) is 16.9 Å². The fraction of sp³-hybridized carbons (Fsp3) is 0.231. The lowest BCUT2D eigenvalue weighted by molar-refractivity contribution is 0.747. The Morgan fingerprint density at radius 3 is 2.90 bits per heavy atom. The van der Waals surface area contributed by atoms with Gasteiger partial charge in [0.25, 0.3) is 0 Å².